The lowest BCUT2D eigenvalue weighted by Crippen LogP contribution is -2.55. The summed E-state index contributed by atoms with van der Waals surface area (Å²) in [7, 11) is 1.66. The second-order valence-corrected chi connectivity index (χ2v) is 6.61. The number of likely N-dealkylation sites (tertiary alicyclic amines) is 1. The molecule has 1 aliphatic heterocycles. The standard InChI is InChI=1S/C18H25NO3/c1-13(20)19-12-11-18(21)10-6-5-8-15(18)17(19)14-7-3-4-9-16(14)22-2/h3-4,7,9,15,17,21H,5-6,8,10-12H2,1-2H3. The summed E-state index contributed by atoms with van der Waals surface area (Å²) in [6, 6.07) is 7.79. The topological polar surface area (TPSA) is 49.8 Å². The van der Waals surface area contributed by atoms with Gasteiger partial charge in [0.15, 0.2) is 0 Å². The van der Waals surface area contributed by atoms with Gasteiger partial charge < -0.3 is 14.7 Å². The van der Waals surface area contributed by atoms with E-state index < -0.39 is 5.60 Å². The van der Waals surface area contributed by atoms with Crippen LogP contribution in [0.25, 0.3) is 0 Å². The molecule has 1 N–H and O–H groups in total. The Bertz CT molecular complexity index is 559. The van der Waals surface area contributed by atoms with E-state index in [1.807, 2.05) is 29.2 Å². The molecule has 2 aliphatic rings. The normalized spacial score (nSPS) is 31.5. The van der Waals surface area contributed by atoms with Crippen LogP contribution in [0.5, 0.6) is 5.75 Å². The van der Waals surface area contributed by atoms with E-state index in [-0.39, 0.29) is 17.9 Å². The van der Waals surface area contributed by atoms with E-state index in [2.05, 4.69) is 0 Å². The zero-order chi connectivity index (χ0) is 15.7. The number of hydrogen-bond donors (Lipinski definition) is 1. The highest BCUT2D eigenvalue weighted by molar-refractivity contribution is 5.74. The van der Waals surface area contributed by atoms with Crippen LogP contribution in [0.3, 0.4) is 0 Å². The molecule has 2 fully saturated rings. The summed E-state index contributed by atoms with van der Waals surface area (Å²) in [6.07, 6.45) is 4.68. The highest BCUT2D eigenvalue weighted by atomic mass is 16.5. The lowest BCUT2D eigenvalue weighted by Gasteiger charge is -2.52. The van der Waals surface area contributed by atoms with Gasteiger partial charge >= 0.3 is 0 Å². The number of aliphatic hydroxyl groups is 1. The van der Waals surface area contributed by atoms with Crippen LogP contribution in [0.1, 0.15) is 50.6 Å². The summed E-state index contributed by atoms with van der Waals surface area (Å²) in [5.41, 5.74) is 0.376. The molecule has 1 saturated carbocycles. The number of nitrogens with zero attached hydrogens (tertiary/aromatic N) is 1. The van der Waals surface area contributed by atoms with Crippen LogP contribution in [0, 0.1) is 5.92 Å². The fraction of sp³-hybridized carbons (Fsp3) is 0.611. The number of para-hydroxylation sites is 1. The second kappa shape index (κ2) is 5.92. The Morgan fingerprint density at radius 1 is 1.32 bits per heavy atom. The van der Waals surface area contributed by atoms with Crippen molar-refractivity contribution in [1.82, 2.24) is 4.90 Å². The first-order valence-electron chi connectivity index (χ1n) is 8.19. The quantitative estimate of drug-likeness (QED) is 0.914. The van der Waals surface area contributed by atoms with E-state index >= 15 is 0 Å². The van der Waals surface area contributed by atoms with Crippen LogP contribution in [0.15, 0.2) is 24.3 Å². The van der Waals surface area contributed by atoms with Crippen molar-refractivity contribution in [2.45, 2.75) is 50.7 Å². The number of carbonyl (C=O) groups excluding carboxylic acids is 1. The number of carbonyl (C=O) groups is 1. The zero-order valence-corrected chi connectivity index (χ0v) is 13.4. The third-order valence-electron chi connectivity index (χ3n) is 5.43. The first-order chi connectivity index (χ1) is 10.6. The van der Waals surface area contributed by atoms with Gasteiger partial charge in [-0.25, -0.2) is 0 Å². The Labute approximate surface area is 132 Å². The van der Waals surface area contributed by atoms with Gasteiger partial charge in [-0.05, 0) is 25.3 Å². The number of methoxy groups -OCH3 is 1. The summed E-state index contributed by atoms with van der Waals surface area (Å²) in [6.45, 7) is 2.24. The molecule has 1 aromatic carbocycles. The van der Waals surface area contributed by atoms with Crippen molar-refractivity contribution in [2.75, 3.05) is 13.7 Å². The van der Waals surface area contributed by atoms with Crippen molar-refractivity contribution in [3.8, 4) is 5.75 Å². The van der Waals surface area contributed by atoms with Crippen LogP contribution < -0.4 is 4.74 Å². The smallest absolute Gasteiger partial charge is 0.219 e. The number of ether oxygens (including phenoxy) is 1. The molecule has 1 amide bonds. The molecule has 3 rings (SSSR count). The van der Waals surface area contributed by atoms with E-state index in [9.17, 15) is 9.90 Å². The van der Waals surface area contributed by atoms with Crippen molar-refractivity contribution in [1.29, 1.82) is 0 Å². The molecule has 0 aromatic heterocycles. The van der Waals surface area contributed by atoms with E-state index in [4.69, 9.17) is 4.74 Å². The number of benzene rings is 1. The SMILES string of the molecule is COc1ccccc1C1C2CCCCC2(O)CCN1C(C)=O. The molecular formula is C18H25NO3. The van der Waals surface area contributed by atoms with Gasteiger partial charge in [-0.1, -0.05) is 31.0 Å². The maximum atomic E-state index is 12.2. The van der Waals surface area contributed by atoms with Crippen molar-refractivity contribution in [3.05, 3.63) is 29.8 Å². The molecule has 1 aromatic rings. The summed E-state index contributed by atoms with van der Waals surface area (Å²) in [5.74, 6) is 0.965. The van der Waals surface area contributed by atoms with Crippen molar-refractivity contribution < 1.29 is 14.6 Å². The number of fused-ring (bicyclic) bond motifs is 1. The molecule has 3 atom stereocenters. The van der Waals surface area contributed by atoms with Crippen molar-refractivity contribution >= 4 is 5.91 Å². The average Bonchev–Trinajstić information content (AvgIpc) is 2.53. The molecular weight excluding hydrogens is 278 g/mol. The summed E-state index contributed by atoms with van der Waals surface area (Å²) in [4.78, 5) is 14.1. The van der Waals surface area contributed by atoms with E-state index in [0.29, 0.717) is 13.0 Å². The molecule has 0 radical (unpaired) electrons. The highest BCUT2D eigenvalue weighted by Gasteiger charge is 2.50. The molecule has 1 aliphatic carbocycles. The maximum absolute atomic E-state index is 12.2. The lowest BCUT2D eigenvalue weighted by molar-refractivity contribution is -0.153. The Morgan fingerprint density at radius 3 is 2.82 bits per heavy atom. The van der Waals surface area contributed by atoms with Crippen molar-refractivity contribution in [2.24, 2.45) is 5.92 Å². The molecule has 120 valence electrons. The largest absolute Gasteiger partial charge is 0.496 e. The van der Waals surface area contributed by atoms with Gasteiger partial charge in [-0.3, -0.25) is 4.79 Å². The summed E-state index contributed by atoms with van der Waals surface area (Å²) >= 11 is 0. The predicted molar refractivity (Wildman–Crippen MR) is 84.6 cm³/mol. The molecule has 0 bridgehead atoms. The van der Waals surface area contributed by atoms with Crippen LogP contribution in [-0.4, -0.2) is 35.2 Å². The molecule has 22 heavy (non-hydrogen) atoms. The molecule has 4 heteroatoms. The van der Waals surface area contributed by atoms with Gasteiger partial charge in [0.25, 0.3) is 0 Å². The Balaban J connectivity index is 2.06. The van der Waals surface area contributed by atoms with Crippen LogP contribution in [-0.2, 0) is 4.79 Å². The fourth-order valence-corrected chi connectivity index (χ4v) is 4.33. The van der Waals surface area contributed by atoms with Crippen LogP contribution in [0.4, 0.5) is 0 Å². The molecule has 1 saturated heterocycles. The minimum Gasteiger partial charge on any atom is -0.496 e. The Morgan fingerprint density at radius 2 is 2.09 bits per heavy atom. The third-order valence-corrected chi connectivity index (χ3v) is 5.43. The van der Waals surface area contributed by atoms with Gasteiger partial charge in [0.2, 0.25) is 5.91 Å². The first-order valence-corrected chi connectivity index (χ1v) is 8.19. The minimum atomic E-state index is -0.643. The highest BCUT2D eigenvalue weighted by Crippen LogP contribution is 2.50. The fourth-order valence-electron chi connectivity index (χ4n) is 4.33. The second-order valence-electron chi connectivity index (χ2n) is 6.61. The molecule has 3 unspecified atom stereocenters. The van der Waals surface area contributed by atoms with Crippen LogP contribution >= 0.6 is 0 Å². The van der Waals surface area contributed by atoms with Crippen LogP contribution in [0.2, 0.25) is 0 Å². The third kappa shape index (κ3) is 2.50. The minimum absolute atomic E-state index is 0.0727. The summed E-state index contributed by atoms with van der Waals surface area (Å²) < 4.78 is 5.52. The number of piperidine rings is 1. The Kier molecular flexibility index (Phi) is 4.13. The van der Waals surface area contributed by atoms with Gasteiger partial charge in [0, 0.05) is 24.9 Å². The molecule has 1 heterocycles. The van der Waals surface area contributed by atoms with E-state index in [1.165, 1.54) is 0 Å². The number of amides is 1. The number of rotatable bonds is 2. The lowest BCUT2D eigenvalue weighted by atomic mass is 9.66. The number of hydrogen-bond acceptors (Lipinski definition) is 3. The van der Waals surface area contributed by atoms with Gasteiger partial charge in [0.05, 0.1) is 18.8 Å². The van der Waals surface area contributed by atoms with Gasteiger partial charge in [-0.15, -0.1) is 0 Å². The molecule has 0 spiro atoms. The predicted octanol–water partition coefficient (Wildman–Crippen LogP) is 2.91. The van der Waals surface area contributed by atoms with Crippen molar-refractivity contribution in [3.63, 3.8) is 0 Å². The van der Waals surface area contributed by atoms with E-state index in [0.717, 1.165) is 37.0 Å². The Hall–Kier alpha value is -1.55. The van der Waals surface area contributed by atoms with Gasteiger partial charge in [-0.2, -0.15) is 0 Å². The molecule has 4 nitrogen and oxygen atoms in total. The maximum Gasteiger partial charge on any atom is 0.219 e. The summed E-state index contributed by atoms with van der Waals surface area (Å²) in [5, 5.41) is 11.1. The first kappa shape index (κ1) is 15.3. The van der Waals surface area contributed by atoms with Gasteiger partial charge in [0.1, 0.15) is 5.75 Å². The van der Waals surface area contributed by atoms with E-state index in [1.54, 1.807) is 14.0 Å². The zero-order valence-electron chi connectivity index (χ0n) is 13.4. The average molecular weight is 303 g/mol. The monoisotopic (exact) mass is 303 g/mol.